The quantitative estimate of drug-likeness (QED) is 0.834. The first kappa shape index (κ1) is 14.6. The maximum Gasteiger partial charge on any atom is 0.137 e. The van der Waals surface area contributed by atoms with Crippen LogP contribution in [-0.2, 0) is 13.0 Å². The summed E-state index contributed by atoms with van der Waals surface area (Å²) in [6, 6.07) is 14.2. The predicted molar refractivity (Wildman–Crippen MR) is 85.4 cm³/mol. The molecule has 0 unspecified atom stereocenters. The number of halogens is 2. The molecule has 2 aromatic rings. The van der Waals surface area contributed by atoms with Gasteiger partial charge < -0.3 is 10.5 Å². The molecule has 0 saturated heterocycles. The fourth-order valence-corrected chi connectivity index (χ4v) is 2.59. The molecule has 0 aliphatic heterocycles. The maximum absolute atomic E-state index is 5.93. The minimum absolute atomic E-state index is 0.549. The van der Waals surface area contributed by atoms with Crippen molar-refractivity contribution < 1.29 is 4.74 Å². The van der Waals surface area contributed by atoms with Crippen molar-refractivity contribution >= 4 is 31.9 Å². The number of nitrogens with two attached hydrogens (primary N) is 1. The van der Waals surface area contributed by atoms with Crippen molar-refractivity contribution in [3.63, 3.8) is 0 Å². The molecule has 0 radical (unpaired) electrons. The lowest BCUT2D eigenvalue weighted by Gasteiger charge is -2.13. The SMILES string of the molecule is NCCc1cccc(Br)c1OCc1ccc(Br)cc1. The van der Waals surface area contributed by atoms with E-state index >= 15 is 0 Å². The highest BCUT2D eigenvalue weighted by molar-refractivity contribution is 9.10. The molecule has 0 bridgehead atoms. The van der Waals surface area contributed by atoms with Crippen molar-refractivity contribution in [2.75, 3.05) is 6.54 Å². The van der Waals surface area contributed by atoms with Crippen molar-refractivity contribution in [2.45, 2.75) is 13.0 Å². The Morgan fingerprint density at radius 3 is 2.42 bits per heavy atom. The van der Waals surface area contributed by atoms with Crippen molar-refractivity contribution in [3.8, 4) is 5.75 Å². The summed E-state index contributed by atoms with van der Waals surface area (Å²) < 4.78 is 7.97. The molecule has 0 spiro atoms. The minimum Gasteiger partial charge on any atom is -0.487 e. The van der Waals surface area contributed by atoms with E-state index in [1.165, 1.54) is 0 Å². The third kappa shape index (κ3) is 4.06. The van der Waals surface area contributed by atoms with Crippen LogP contribution in [0.2, 0.25) is 0 Å². The van der Waals surface area contributed by atoms with E-state index in [2.05, 4.69) is 37.9 Å². The molecule has 0 aliphatic rings. The van der Waals surface area contributed by atoms with Gasteiger partial charge in [-0.15, -0.1) is 0 Å². The molecule has 2 aromatic carbocycles. The Morgan fingerprint density at radius 1 is 1.00 bits per heavy atom. The maximum atomic E-state index is 5.93. The molecule has 2 nitrogen and oxygen atoms in total. The molecule has 0 fully saturated rings. The highest BCUT2D eigenvalue weighted by Gasteiger charge is 2.07. The van der Waals surface area contributed by atoms with Crippen LogP contribution in [0, 0.1) is 0 Å². The van der Waals surface area contributed by atoms with Crippen LogP contribution in [-0.4, -0.2) is 6.54 Å². The van der Waals surface area contributed by atoms with Crippen molar-refractivity contribution in [3.05, 3.63) is 62.5 Å². The molecule has 0 atom stereocenters. The summed E-state index contributed by atoms with van der Waals surface area (Å²) in [6.07, 6.45) is 0.815. The van der Waals surface area contributed by atoms with Crippen LogP contribution in [0.4, 0.5) is 0 Å². The third-order valence-corrected chi connectivity index (χ3v) is 3.91. The van der Waals surface area contributed by atoms with Crippen LogP contribution in [0.25, 0.3) is 0 Å². The van der Waals surface area contributed by atoms with Crippen LogP contribution in [0.5, 0.6) is 5.75 Å². The van der Waals surface area contributed by atoms with Gasteiger partial charge in [0.15, 0.2) is 0 Å². The number of rotatable bonds is 5. The van der Waals surface area contributed by atoms with Gasteiger partial charge in [0.1, 0.15) is 12.4 Å². The predicted octanol–water partition coefficient (Wildman–Crippen LogP) is 4.29. The fourth-order valence-electron chi connectivity index (χ4n) is 1.80. The number of ether oxygens (including phenoxy) is 1. The highest BCUT2D eigenvalue weighted by Crippen LogP contribution is 2.30. The van der Waals surface area contributed by atoms with Gasteiger partial charge in [0, 0.05) is 4.47 Å². The summed E-state index contributed by atoms with van der Waals surface area (Å²) in [5.74, 6) is 0.885. The zero-order chi connectivity index (χ0) is 13.7. The summed E-state index contributed by atoms with van der Waals surface area (Å²) in [6.45, 7) is 1.17. The Balaban J connectivity index is 2.12. The van der Waals surface area contributed by atoms with Gasteiger partial charge in [0.05, 0.1) is 4.47 Å². The molecule has 0 heterocycles. The van der Waals surface area contributed by atoms with Gasteiger partial charge in [-0.1, -0.05) is 40.2 Å². The van der Waals surface area contributed by atoms with Crippen molar-refractivity contribution in [2.24, 2.45) is 5.73 Å². The normalized spacial score (nSPS) is 10.5. The molecule has 4 heteroatoms. The lowest BCUT2D eigenvalue weighted by atomic mass is 10.1. The first-order chi connectivity index (χ1) is 9.20. The van der Waals surface area contributed by atoms with Crippen LogP contribution < -0.4 is 10.5 Å². The number of benzene rings is 2. The van der Waals surface area contributed by atoms with E-state index in [0.717, 1.165) is 32.2 Å². The monoisotopic (exact) mass is 383 g/mol. The Labute approximate surface area is 130 Å². The Bertz CT molecular complexity index is 540. The second-order valence-electron chi connectivity index (χ2n) is 4.18. The van der Waals surface area contributed by atoms with Gasteiger partial charge >= 0.3 is 0 Å². The summed E-state index contributed by atoms with van der Waals surface area (Å²) >= 11 is 6.95. The van der Waals surface area contributed by atoms with E-state index in [9.17, 15) is 0 Å². The molecule has 19 heavy (non-hydrogen) atoms. The van der Waals surface area contributed by atoms with E-state index in [1.54, 1.807) is 0 Å². The molecule has 0 aromatic heterocycles. The molecular weight excluding hydrogens is 370 g/mol. The number of hydrogen-bond donors (Lipinski definition) is 1. The second-order valence-corrected chi connectivity index (χ2v) is 5.95. The molecule has 0 saturated carbocycles. The van der Waals surface area contributed by atoms with E-state index in [0.29, 0.717) is 13.2 Å². The van der Waals surface area contributed by atoms with Crippen molar-refractivity contribution in [1.29, 1.82) is 0 Å². The lowest BCUT2D eigenvalue weighted by molar-refractivity contribution is 0.301. The Hall–Kier alpha value is -0.840. The zero-order valence-electron chi connectivity index (χ0n) is 10.4. The lowest BCUT2D eigenvalue weighted by Crippen LogP contribution is -2.06. The van der Waals surface area contributed by atoms with Gasteiger partial charge in [-0.25, -0.2) is 0 Å². The molecule has 0 amide bonds. The van der Waals surface area contributed by atoms with E-state index in [4.69, 9.17) is 10.5 Å². The van der Waals surface area contributed by atoms with E-state index in [1.807, 2.05) is 36.4 Å². The largest absolute Gasteiger partial charge is 0.487 e. The van der Waals surface area contributed by atoms with E-state index < -0.39 is 0 Å². The van der Waals surface area contributed by atoms with Gasteiger partial charge in [-0.3, -0.25) is 0 Å². The summed E-state index contributed by atoms with van der Waals surface area (Å²) in [5, 5.41) is 0. The summed E-state index contributed by atoms with van der Waals surface area (Å²) in [5.41, 5.74) is 7.90. The topological polar surface area (TPSA) is 35.2 Å². The first-order valence-corrected chi connectivity index (χ1v) is 7.64. The van der Waals surface area contributed by atoms with Crippen LogP contribution in [0.1, 0.15) is 11.1 Å². The highest BCUT2D eigenvalue weighted by atomic mass is 79.9. The Kier molecular flexibility index (Phi) is 5.43. The molecule has 100 valence electrons. The standard InChI is InChI=1S/C15H15Br2NO/c16-13-6-4-11(5-7-13)10-19-15-12(8-9-18)2-1-3-14(15)17/h1-7H,8-10,18H2. The number of para-hydroxylation sites is 1. The summed E-state index contributed by atoms with van der Waals surface area (Å²) in [7, 11) is 0. The number of hydrogen-bond acceptors (Lipinski definition) is 2. The van der Waals surface area contributed by atoms with Gasteiger partial charge in [-0.05, 0) is 58.2 Å². The average Bonchev–Trinajstić information content (AvgIpc) is 2.40. The van der Waals surface area contributed by atoms with Gasteiger partial charge in [-0.2, -0.15) is 0 Å². The molecule has 2 N–H and O–H groups in total. The van der Waals surface area contributed by atoms with E-state index in [-0.39, 0.29) is 0 Å². The van der Waals surface area contributed by atoms with Crippen LogP contribution in [0.3, 0.4) is 0 Å². The van der Waals surface area contributed by atoms with Gasteiger partial charge in [0.25, 0.3) is 0 Å². The third-order valence-electron chi connectivity index (χ3n) is 2.76. The average molecular weight is 385 g/mol. The smallest absolute Gasteiger partial charge is 0.137 e. The Morgan fingerprint density at radius 2 is 1.74 bits per heavy atom. The second kappa shape index (κ2) is 7.08. The van der Waals surface area contributed by atoms with Crippen LogP contribution >= 0.6 is 31.9 Å². The van der Waals surface area contributed by atoms with Crippen LogP contribution in [0.15, 0.2) is 51.4 Å². The molecule has 2 rings (SSSR count). The van der Waals surface area contributed by atoms with Gasteiger partial charge in [0.2, 0.25) is 0 Å². The molecular formula is C15H15Br2NO. The fraction of sp³-hybridized carbons (Fsp3) is 0.200. The minimum atomic E-state index is 0.549. The first-order valence-electron chi connectivity index (χ1n) is 6.05. The summed E-state index contributed by atoms with van der Waals surface area (Å²) in [4.78, 5) is 0. The zero-order valence-corrected chi connectivity index (χ0v) is 13.6. The van der Waals surface area contributed by atoms with Crippen molar-refractivity contribution in [1.82, 2.24) is 0 Å². The molecule has 0 aliphatic carbocycles.